The second-order valence-corrected chi connectivity index (χ2v) is 6.59. The molecule has 1 fully saturated rings. The number of aryl methyl sites for hydroxylation is 1. The van der Waals surface area contributed by atoms with Crippen LogP contribution in [0.4, 0.5) is 0 Å². The highest BCUT2D eigenvalue weighted by Crippen LogP contribution is 2.19. The van der Waals surface area contributed by atoms with E-state index in [1.807, 2.05) is 4.57 Å². The molecule has 0 saturated carbocycles. The van der Waals surface area contributed by atoms with Gasteiger partial charge >= 0.3 is 0 Å². The van der Waals surface area contributed by atoms with Crippen LogP contribution < -0.4 is 10.6 Å². The molecule has 7 heteroatoms. The van der Waals surface area contributed by atoms with Crippen molar-refractivity contribution in [3.8, 4) is 0 Å². The average molecular weight is 355 g/mol. The zero-order valence-electron chi connectivity index (χ0n) is 15.7. The van der Waals surface area contributed by atoms with Crippen LogP contribution in [0, 0.1) is 0 Å². The van der Waals surface area contributed by atoms with Crippen molar-refractivity contribution in [1.29, 1.82) is 0 Å². The second kappa shape index (κ2) is 9.33. The molecule has 0 spiro atoms. The predicted octanol–water partition coefficient (Wildman–Crippen LogP) is 1.63. The first-order chi connectivity index (χ1) is 12.8. The van der Waals surface area contributed by atoms with Gasteiger partial charge in [0.1, 0.15) is 6.33 Å². The van der Waals surface area contributed by atoms with E-state index in [9.17, 15) is 0 Å². The number of aliphatic imine (C=N–C) groups is 1. The number of rotatable bonds is 7. The zero-order valence-corrected chi connectivity index (χ0v) is 15.7. The van der Waals surface area contributed by atoms with Gasteiger partial charge in [0, 0.05) is 32.7 Å². The van der Waals surface area contributed by atoms with Gasteiger partial charge in [-0.1, -0.05) is 30.3 Å². The first-order valence-electron chi connectivity index (χ1n) is 9.39. The van der Waals surface area contributed by atoms with E-state index >= 15 is 0 Å². The third-order valence-electron chi connectivity index (χ3n) is 4.91. The fourth-order valence-electron chi connectivity index (χ4n) is 3.43. The van der Waals surface area contributed by atoms with E-state index in [4.69, 9.17) is 0 Å². The molecular weight excluding hydrogens is 326 g/mol. The molecule has 3 rings (SSSR count). The quantitative estimate of drug-likeness (QED) is 0.583. The average Bonchev–Trinajstić information content (AvgIpc) is 3.32. The van der Waals surface area contributed by atoms with Crippen LogP contribution >= 0.6 is 0 Å². The number of hydrogen-bond donors (Lipinski definition) is 2. The van der Waals surface area contributed by atoms with Crippen molar-refractivity contribution >= 4 is 5.96 Å². The first kappa shape index (κ1) is 18.4. The van der Waals surface area contributed by atoms with Gasteiger partial charge in [0.15, 0.2) is 11.8 Å². The third kappa shape index (κ3) is 4.82. The standard InChI is InChI=1S/C19H29N7/c1-3-25-15-23-24-18(25)13-22-19(20-2)21-12-17-10-7-11-26(17)14-16-8-5-4-6-9-16/h4-6,8-9,15,17H,3,7,10-14H2,1-2H3,(H2,20,21,22). The molecule has 2 aromatic rings. The van der Waals surface area contributed by atoms with Gasteiger partial charge in [-0.2, -0.15) is 0 Å². The van der Waals surface area contributed by atoms with Crippen LogP contribution in [0.5, 0.6) is 0 Å². The molecule has 1 saturated heterocycles. The molecule has 2 N–H and O–H groups in total. The fourth-order valence-corrected chi connectivity index (χ4v) is 3.43. The van der Waals surface area contributed by atoms with Crippen molar-refractivity contribution in [3.05, 3.63) is 48.0 Å². The van der Waals surface area contributed by atoms with Crippen LogP contribution in [-0.4, -0.2) is 51.8 Å². The summed E-state index contributed by atoms with van der Waals surface area (Å²) in [5, 5.41) is 14.9. The molecule has 0 radical (unpaired) electrons. The molecule has 0 bridgehead atoms. The van der Waals surface area contributed by atoms with Gasteiger partial charge in [0.2, 0.25) is 0 Å². The van der Waals surface area contributed by atoms with Crippen molar-refractivity contribution in [1.82, 2.24) is 30.3 Å². The van der Waals surface area contributed by atoms with Crippen LogP contribution in [0.3, 0.4) is 0 Å². The number of benzene rings is 1. The van der Waals surface area contributed by atoms with Gasteiger partial charge < -0.3 is 15.2 Å². The monoisotopic (exact) mass is 355 g/mol. The Morgan fingerprint density at radius 2 is 2.12 bits per heavy atom. The molecule has 2 heterocycles. The SMILES string of the molecule is CCn1cnnc1CNC(=NC)NCC1CCCN1Cc1ccccc1. The second-order valence-electron chi connectivity index (χ2n) is 6.59. The Morgan fingerprint density at radius 3 is 2.88 bits per heavy atom. The Kier molecular flexibility index (Phi) is 6.60. The maximum Gasteiger partial charge on any atom is 0.191 e. The van der Waals surface area contributed by atoms with E-state index in [0.717, 1.165) is 38.0 Å². The normalized spacial score (nSPS) is 18.2. The molecule has 7 nitrogen and oxygen atoms in total. The Labute approximate surface area is 155 Å². The highest BCUT2D eigenvalue weighted by molar-refractivity contribution is 5.79. The predicted molar refractivity (Wildman–Crippen MR) is 104 cm³/mol. The lowest BCUT2D eigenvalue weighted by Gasteiger charge is -2.25. The van der Waals surface area contributed by atoms with Crippen LogP contribution in [-0.2, 0) is 19.6 Å². The lowest BCUT2D eigenvalue weighted by atomic mass is 10.2. The number of aromatic nitrogens is 3. The smallest absolute Gasteiger partial charge is 0.191 e. The molecule has 1 unspecified atom stereocenters. The number of likely N-dealkylation sites (tertiary alicyclic amines) is 1. The molecule has 1 atom stereocenters. The molecule has 1 aliphatic heterocycles. The first-order valence-corrected chi connectivity index (χ1v) is 9.39. The van der Waals surface area contributed by atoms with Gasteiger partial charge in [-0.15, -0.1) is 10.2 Å². The van der Waals surface area contributed by atoms with E-state index < -0.39 is 0 Å². The van der Waals surface area contributed by atoms with Crippen LogP contribution in [0.2, 0.25) is 0 Å². The number of nitrogens with one attached hydrogen (secondary N) is 2. The molecule has 1 aromatic heterocycles. The highest BCUT2D eigenvalue weighted by Gasteiger charge is 2.24. The van der Waals surface area contributed by atoms with Crippen LogP contribution in [0.1, 0.15) is 31.2 Å². The van der Waals surface area contributed by atoms with E-state index in [2.05, 4.69) is 68.0 Å². The highest BCUT2D eigenvalue weighted by atomic mass is 15.3. The summed E-state index contributed by atoms with van der Waals surface area (Å²) in [5.41, 5.74) is 1.38. The Morgan fingerprint density at radius 1 is 1.27 bits per heavy atom. The molecule has 140 valence electrons. The maximum absolute atomic E-state index is 4.33. The van der Waals surface area contributed by atoms with Crippen LogP contribution in [0.25, 0.3) is 0 Å². The molecule has 1 aliphatic rings. The number of hydrogen-bond acceptors (Lipinski definition) is 4. The van der Waals surface area contributed by atoms with Crippen molar-refractivity contribution in [2.24, 2.45) is 4.99 Å². The van der Waals surface area contributed by atoms with Crippen molar-refractivity contribution in [3.63, 3.8) is 0 Å². The maximum atomic E-state index is 4.33. The van der Waals surface area contributed by atoms with E-state index in [0.29, 0.717) is 12.6 Å². The summed E-state index contributed by atoms with van der Waals surface area (Å²) < 4.78 is 2.03. The lowest BCUT2D eigenvalue weighted by molar-refractivity contribution is 0.245. The number of nitrogens with zero attached hydrogens (tertiary/aromatic N) is 5. The summed E-state index contributed by atoms with van der Waals surface area (Å²) in [4.78, 5) is 6.89. The Bertz CT molecular complexity index is 695. The van der Waals surface area contributed by atoms with Crippen molar-refractivity contribution < 1.29 is 0 Å². The Balaban J connectivity index is 1.48. The molecule has 1 aromatic carbocycles. The minimum Gasteiger partial charge on any atom is -0.355 e. The van der Waals surface area contributed by atoms with Gasteiger partial charge in [-0.3, -0.25) is 9.89 Å². The fraction of sp³-hybridized carbons (Fsp3) is 0.526. The minimum atomic E-state index is 0.535. The van der Waals surface area contributed by atoms with Crippen LogP contribution in [0.15, 0.2) is 41.7 Å². The number of guanidine groups is 1. The third-order valence-corrected chi connectivity index (χ3v) is 4.91. The summed E-state index contributed by atoms with van der Waals surface area (Å²) in [6, 6.07) is 11.2. The van der Waals surface area contributed by atoms with E-state index in [1.165, 1.54) is 18.4 Å². The summed E-state index contributed by atoms with van der Waals surface area (Å²) in [7, 11) is 1.80. The molecule has 26 heavy (non-hydrogen) atoms. The summed E-state index contributed by atoms with van der Waals surface area (Å²) in [6.45, 7) is 6.64. The van der Waals surface area contributed by atoms with Gasteiger partial charge in [0.25, 0.3) is 0 Å². The lowest BCUT2D eigenvalue weighted by Crippen LogP contribution is -2.44. The Hall–Kier alpha value is -2.41. The summed E-state index contributed by atoms with van der Waals surface area (Å²) >= 11 is 0. The molecular formula is C19H29N7. The van der Waals surface area contributed by atoms with Gasteiger partial charge in [0.05, 0.1) is 6.54 Å². The zero-order chi connectivity index (χ0) is 18.2. The molecule has 0 aliphatic carbocycles. The van der Waals surface area contributed by atoms with E-state index in [1.54, 1.807) is 13.4 Å². The van der Waals surface area contributed by atoms with Crippen molar-refractivity contribution in [2.45, 2.75) is 45.4 Å². The van der Waals surface area contributed by atoms with Gasteiger partial charge in [-0.25, -0.2) is 0 Å². The largest absolute Gasteiger partial charge is 0.355 e. The van der Waals surface area contributed by atoms with Crippen molar-refractivity contribution in [2.75, 3.05) is 20.1 Å². The molecule has 0 amide bonds. The van der Waals surface area contributed by atoms with E-state index in [-0.39, 0.29) is 0 Å². The minimum absolute atomic E-state index is 0.535. The topological polar surface area (TPSA) is 70.4 Å². The summed E-state index contributed by atoms with van der Waals surface area (Å²) in [5.74, 6) is 1.73. The van der Waals surface area contributed by atoms with Gasteiger partial charge in [-0.05, 0) is 31.9 Å². The summed E-state index contributed by atoms with van der Waals surface area (Å²) in [6.07, 6.45) is 4.24.